The summed E-state index contributed by atoms with van der Waals surface area (Å²) >= 11 is 10.8. The fourth-order valence-electron chi connectivity index (χ4n) is 1.92. The summed E-state index contributed by atoms with van der Waals surface area (Å²) in [5.41, 5.74) is 2.40. The van der Waals surface area contributed by atoms with Gasteiger partial charge in [0.25, 0.3) is 5.91 Å². The number of hydroxylamine groups is 1. The van der Waals surface area contributed by atoms with Crippen LogP contribution in [0, 0.1) is 17.1 Å². The molecule has 0 spiro atoms. The first kappa shape index (κ1) is 21.5. The predicted molar refractivity (Wildman–Crippen MR) is 102 cm³/mol. The number of benzene rings is 2. The molecular weight excluding hydrogens is 410 g/mol. The standard InChI is InChI=1S/C19H15Cl2FN2O4/c1-12(19(25)24-26-9-8-18(20)21)27-14-3-5-15(6-4-14)28-17-7-2-13(11-23)10-16(17)22/h2-8,10,12H,9H2,1H3,(H,24,25)/t12-/m1/s1. The molecule has 146 valence electrons. The topological polar surface area (TPSA) is 80.6 Å². The number of nitrogens with one attached hydrogen (secondary N) is 1. The molecule has 0 bridgehead atoms. The highest BCUT2D eigenvalue weighted by Crippen LogP contribution is 2.27. The van der Waals surface area contributed by atoms with Crippen LogP contribution in [0.25, 0.3) is 0 Å². The van der Waals surface area contributed by atoms with Gasteiger partial charge in [0.15, 0.2) is 17.7 Å². The summed E-state index contributed by atoms with van der Waals surface area (Å²) in [6.07, 6.45) is 0.530. The van der Waals surface area contributed by atoms with Gasteiger partial charge >= 0.3 is 0 Å². The summed E-state index contributed by atoms with van der Waals surface area (Å²) in [6, 6.07) is 12.0. The minimum absolute atomic E-state index is 0.0105. The number of hydrogen-bond donors (Lipinski definition) is 1. The molecule has 2 aromatic carbocycles. The number of halogens is 3. The molecule has 0 heterocycles. The second kappa shape index (κ2) is 10.5. The number of carbonyl (C=O) groups is 1. The molecule has 0 aliphatic carbocycles. The first-order chi connectivity index (χ1) is 13.4. The Morgan fingerprint density at radius 3 is 2.54 bits per heavy atom. The van der Waals surface area contributed by atoms with E-state index in [0.29, 0.717) is 11.5 Å². The van der Waals surface area contributed by atoms with E-state index in [2.05, 4.69) is 5.48 Å². The number of nitriles is 1. The molecule has 0 aromatic heterocycles. The van der Waals surface area contributed by atoms with Crippen LogP contribution >= 0.6 is 23.2 Å². The lowest BCUT2D eigenvalue weighted by atomic mass is 10.2. The second-order valence-corrected chi connectivity index (χ2v) is 6.37. The van der Waals surface area contributed by atoms with Crippen molar-refractivity contribution in [1.29, 1.82) is 5.26 Å². The number of rotatable bonds is 8. The summed E-state index contributed by atoms with van der Waals surface area (Å²) in [6.45, 7) is 1.55. The van der Waals surface area contributed by atoms with Crippen LogP contribution < -0.4 is 15.0 Å². The SMILES string of the molecule is C[C@@H](Oc1ccc(Oc2ccc(C#N)cc2F)cc1)C(=O)NOCC=C(Cl)Cl. The highest BCUT2D eigenvalue weighted by atomic mass is 35.5. The van der Waals surface area contributed by atoms with Crippen molar-refractivity contribution < 1.29 is 23.5 Å². The average Bonchev–Trinajstić information content (AvgIpc) is 2.67. The van der Waals surface area contributed by atoms with E-state index in [4.69, 9.17) is 42.8 Å². The number of ether oxygens (including phenoxy) is 2. The van der Waals surface area contributed by atoms with E-state index in [0.717, 1.165) is 6.07 Å². The summed E-state index contributed by atoms with van der Waals surface area (Å²) < 4.78 is 24.8. The number of nitrogens with zero attached hydrogens (tertiary/aromatic N) is 1. The molecule has 1 atom stereocenters. The van der Waals surface area contributed by atoms with Crippen LogP contribution in [0.2, 0.25) is 0 Å². The smallest absolute Gasteiger partial charge is 0.284 e. The van der Waals surface area contributed by atoms with Crippen molar-refractivity contribution in [2.24, 2.45) is 0 Å². The molecule has 0 unspecified atom stereocenters. The minimum Gasteiger partial charge on any atom is -0.481 e. The van der Waals surface area contributed by atoms with E-state index in [1.54, 1.807) is 31.2 Å². The molecule has 0 radical (unpaired) electrons. The lowest BCUT2D eigenvalue weighted by Crippen LogP contribution is -2.36. The Morgan fingerprint density at radius 2 is 1.93 bits per heavy atom. The van der Waals surface area contributed by atoms with Crippen molar-refractivity contribution in [2.75, 3.05) is 6.61 Å². The second-order valence-electron chi connectivity index (χ2n) is 5.36. The van der Waals surface area contributed by atoms with Crippen molar-refractivity contribution in [3.63, 3.8) is 0 Å². The van der Waals surface area contributed by atoms with Crippen molar-refractivity contribution in [3.8, 4) is 23.3 Å². The molecule has 0 aliphatic heterocycles. The largest absolute Gasteiger partial charge is 0.481 e. The van der Waals surface area contributed by atoms with Gasteiger partial charge in [0.2, 0.25) is 0 Å². The maximum Gasteiger partial charge on any atom is 0.284 e. The third kappa shape index (κ3) is 6.74. The number of carbonyl (C=O) groups excluding carboxylic acids is 1. The predicted octanol–water partition coefficient (Wildman–Crippen LogP) is 4.62. The Hall–Kier alpha value is -2.79. The van der Waals surface area contributed by atoms with Crippen LogP contribution in [0.5, 0.6) is 17.2 Å². The van der Waals surface area contributed by atoms with Crippen molar-refractivity contribution >= 4 is 29.1 Å². The molecule has 1 amide bonds. The monoisotopic (exact) mass is 424 g/mol. The summed E-state index contributed by atoms with van der Waals surface area (Å²) in [7, 11) is 0. The summed E-state index contributed by atoms with van der Waals surface area (Å²) in [5, 5.41) is 8.75. The fraction of sp³-hybridized carbons (Fsp3) is 0.158. The van der Waals surface area contributed by atoms with Gasteiger partial charge < -0.3 is 9.47 Å². The lowest BCUT2D eigenvalue weighted by molar-refractivity contribution is -0.139. The molecule has 1 N–H and O–H groups in total. The van der Waals surface area contributed by atoms with Crippen LogP contribution in [-0.4, -0.2) is 18.6 Å². The van der Waals surface area contributed by atoms with Crippen LogP contribution in [0.15, 0.2) is 53.0 Å². The first-order valence-electron chi connectivity index (χ1n) is 7.96. The van der Waals surface area contributed by atoms with Gasteiger partial charge in [0.1, 0.15) is 16.0 Å². The van der Waals surface area contributed by atoms with Crippen molar-refractivity contribution in [1.82, 2.24) is 5.48 Å². The van der Waals surface area contributed by atoms with Crippen LogP contribution in [0.4, 0.5) is 4.39 Å². The van der Waals surface area contributed by atoms with Crippen molar-refractivity contribution in [3.05, 3.63) is 64.4 Å². The zero-order chi connectivity index (χ0) is 20.5. The Balaban J connectivity index is 1.89. The maximum atomic E-state index is 13.9. The summed E-state index contributed by atoms with van der Waals surface area (Å²) in [5.74, 6) is -0.391. The Labute approximate surface area is 171 Å². The fourth-order valence-corrected chi connectivity index (χ4v) is 2.05. The van der Waals surface area contributed by atoms with E-state index >= 15 is 0 Å². The lowest BCUT2D eigenvalue weighted by Gasteiger charge is -2.14. The quantitative estimate of drug-likeness (QED) is 0.493. The zero-order valence-corrected chi connectivity index (χ0v) is 16.1. The Morgan fingerprint density at radius 1 is 1.25 bits per heavy atom. The van der Waals surface area contributed by atoms with Gasteiger partial charge in [-0.25, -0.2) is 9.87 Å². The van der Waals surface area contributed by atoms with Gasteiger partial charge in [0, 0.05) is 0 Å². The van der Waals surface area contributed by atoms with E-state index in [1.165, 1.54) is 18.2 Å². The molecule has 6 nitrogen and oxygen atoms in total. The highest BCUT2D eigenvalue weighted by Gasteiger charge is 2.15. The van der Waals surface area contributed by atoms with Crippen LogP contribution in [0.1, 0.15) is 12.5 Å². The molecule has 0 saturated heterocycles. The Bertz CT molecular complexity index is 894. The van der Waals surface area contributed by atoms with Gasteiger partial charge in [-0.15, -0.1) is 0 Å². The van der Waals surface area contributed by atoms with Crippen LogP contribution in [0.3, 0.4) is 0 Å². The van der Waals surface area contributed by atoms with Gasteiger partial charge in [-0.3, -0.25) is 9.63 Å². The first-order valence-corrected chi connectivity index (χ1v) is 8.71. The van der Waals surface area contributed by atoms with Crippen molar-refractivity contribution in [2.45, 2.75) is 13.0 Å². The molecule has 0 fully saturated rings. The number of hydrogen-bond acceptors (Lipinski definition) is 5. The molecule has 0 aliphatic rings. The molecule has 9 heteroatoms. The summed E-state index contributed by atoms with van der Waals surface area (Å²) in [4.78, 5) is 16.7. The average molecular weight is 425 g/mol. The maximum absolute atomic E-state index is 13.9. The van der Waals surface area contributed by atoms with Gasteiger partial charge in [0.05, 0.1) is 18.2 Å². The Kier molecular flexibility index (Phi) is 8.08. The third-order valence-electron chi connectivity index (χ3n) is 3.29. The minimum atomic E-state index is -0.835. The number of amides is 1. The molecule has 28 heavy (non-hydrogen) atoms. The van der Waals surface area contributed by atoms with Gasteiger partial charge in [-0.1, -0.05) is 23.2 Å². The molecule has 0 saturated carbocycles. The van der Waals surface area contributed by atoms with E-state index in [9.17, 15) is 9.18 Å². The molecule has 2 aromatic rings. The van der Waals surface area contributed by atoms with E-state index in [1.807, 2.05) is 6.07 Å². The van der Waals surface area contributed by atoms with Gasteiger partial charge in [-0.2, -0.15) is 5.26 Å². The van der Waals surface area contributed by atoms with E-state index in [-0.39, 0.29) is 22.4 Å². The van der Waals surface area contributed by atoms with E-state index < -0.39 is 17.8 Å². The normalized spacial score (nSPS) is 11.1. The zero-order valence-electron chi connectivity index (χ0n) is 14.6. The van der Waals surface area contributed by atoms with Crippen LogP contribution in [-0.2, 0) is 9.63 Å². The molecular formula is C19H15Cl2FN2O4. The highest BCUT2D eigenvalue weighted by molar-refractivity contribution is 6.55. The van der Waals surface area contributed by atoms with Gasteiger partial charge in [-0.05, 0) is 55.5 Å². The molecule has 2 rings (SSSR count). The third-order valence-corrected chi connectivity index (χ3v) is 3.60.